The molecule has 34 heavy (non-hydrogen) atoms. The van der Waals surface area contributed by atoms with Gasteiger partial charge in [0.05, 0.1) is 0 Å². The van der Waals surface area contributed by atoms with Gasteiger partial charge < -0.3 is 19.7 Å². The van der Waals surface area contributed by atoms with Crippen molar-refractivity contribution in [3.05, 3.63) is 83.4 Å². The van der Waals surface area contributed by atoms with Crippen LogP contribution in [0, 0.1) is 0 Å². The van der Waals surface area contributed by atoms with Gasteiger partial charge in [-0.05, 0) is 92.4 Å². The van der Waals surface area contributed by atoms with Crippen molar-refractivity contribution in [1.82, 2.24) is 4.90 Å². The lowest BCUT2D eigenvalue weighted by molar-refractivity contribution is 0.136. The van der Waals surface area contributed by atoms with Crippen molar-refractivity contribution in [2.24, 2.45) is 0 Å². The fraction of sp³-hybridized carbons (Fsp3) is 0.379. The number of fused-ring (bicyclic) bond motifs is 1. The van der Waals surface area contributed by atoms with Crippen molar-refractivity contribution in [1.29, 1.82) is 0 Å². The van der Waals surface area contributed by atoms with Gasteiger partial charge in [0, 0.05) is 18.0 Å². The SMILES string of the molecule is C[C@H](CN1CCCC1)Oc1ccc([C@@H]2Oc3ccc(O)cc3[C@@H](C)[C@@H]2c2ccc(O)cc2)cc1. The minimum absolute atomic E-state index is 0.0239. The van der Waals surface area contributed by atoms with Crippen molar-refractivity contribution in [2.45, 2.75) is 50.7 Å². The molecule has 5 heteroatoms. The van der Waals surface area contributed by atoms with E-state index in [2.05, 4.69) is 30.9 Å². The van der Waals surface area contributed by atoms with E-state index in [0.717, 1.165) is 34.7 Å². The summed E-state index contributed by atoms with van der Waals surface area (Å²) in [6.07, 6.45) is 2.50. The predicted octanol–water partition coefficient (Wildman–Crippen LogP) is 5.98. The van der Waals surface area contributed by atoms with Gasteiger partial charge in [-0.15, -0.1) is 0 Å². The molecule has 178 valence electrons. The van der Waals surface area contributed by atoms with Crippen LogP contribution in [0.25, 0.3) is 0 Å². The van der Waals surface area contributed by atoms with Gasteiger partial charge in [-0.3, -0.25) is 4.90 Å². The summed E-state index contributed by atoms with van der Waals surface area (Å²) in [5.74, 6) is 2.28. The monoisotopic (exact) mass is 459 g/mol. The summed E-state index contributed by atoms with van der Waals surface area (Å²) < 4.78 is 12.7. The van der Waals surface area contributed by atoms with Crippen molar-refractivity contribution in [3.63, 3.8) is 0 Å². The Hall–Kier alpha value is -3.18. The second-order valence-electron chi connectivity index (χ2n) is 9.67. The van der Waals surface area contributed by atoms with Crippen LogP contribution in [0.5, 0.6) is 23.0 Å². The van der Waals surface area contributed by atoms with Crippen molar-refractivity contribution in [2.75, 3.05) is 19.6 Å². The van der Waals surface area contributed by atoms with Gasteiger partial charge in [-0.2, -0.15) is 0 Å². The van der Waals surface area contributed by atoms with Crippen LogP contribution in [-0.4, -0.2) is 40.9 Å². The lowest BCUT2D eigenvalue weighted by Gasteiger charge is -2.39. The van der Waals surface area contributed by atoms with Gasteiger partial charge in [0.15, 0.2) is 0 Å². The summed E-state index contributed by atoms with van der Waals surface area (Å²) >= 11 is 0. The Kier molecular flexibility index (Phi) is 6.38. The van der Waals surface area contributed by atoms with E-state index in [-0.39, 0.29) is 35.5 Å². The van der Waals surface area contributed by atoms with Crippen LogP contribution >= 0.6 is 0 Å². The number of aromatic hydroxyl groups is 2. The maximum Gasteiger partial charge on any atom is 0.131 e. The van der Waals surface area contributed by atoms with Crippen molar-refractivity contribution >= 4 is 0 Å². The minimum Gasteiger partial charge on any atom is -0.508 e. The second-order valence-corrected chi connectivity index (χ2v) is 9.67. The number of ether oxygens (including phenoxy) is 2. The molecule has 0 bridgehead atoms. The highest BCUT2D eigenvalue weighted by Crippen LogP contribution is 2.51. The molecule has 5 rings (SSSR count). The van der Waals surface area contributed by atoms with Gasteiger partial charge in [0.1, 0.15) is 35.2 Å². The Labute approximate surface area is 201 Å². The molecule has 0 radical (unpaired) electrons. The summed E-state index contributed by atoms with van der Waals surface area (Å²) in [6, 6.07) is 20.9. The zero-order valence-electron chi connectivity index (χ0n) is 19.9. The molecule has 0 spiro atoms. The first-order valence-corrected chi connectivity index (χ1v) is 12.3. The zero-order valence-corrected chi connectivity index (χ0v) is 19.9. The smallest absolute Gasteiger partial charge is 0.131 e. The number of phenolic OH excluding ortho intramolecular Hbond substituents is 2. The molecular formula is C29H33NO4. The Morgan fingerprint density at radius 3 is 2.26 bits per heavy atom. The highest BCUT2D eigenvalue weighted by atomic mass is 16.5. The summed E-state index contributed by atoms with van der Waals surface area (Å²) in [5, 5.41) is 19.9. The predicted molar refractivity (Wildman–Crippen MR) is 133 cm³/mol. The molecule has 0 amide bonds. The molecule has 2 N–H and O–H groups in total. The van der Waals surface area contributed by atoms with Crippen molar-refractivity contribution in [3.8, 4) is 23.0 Å². The highest BCUT2D eigenvalue weighted by molar-refractivity contribution is 5.48. The van der Waals surface area contributed by atoms with E-state index in [1.165, 1.54) is 25.9 Å². The van der Waals surface area contributed by atoms with Crippen LogP contribution in [0.3, 0.4) is 0 Å². The lowest BCUT2D eigenvalue weighted by Crippen LogP contribution is -2.31. The number of rotatable bonds is 6. The van der Waals surface area contributed by atoms with Gasteiger partial charge in [-0.25, -0.2) is 0 Å². The quantitative estimate of drug-likeness (QED) is 0.475. The van der Waals surface area contributed by atoms with Crippen LogP contribution in [0.4, 0.5) is 0 Å². The third-order valence-electron chi connectivity index (χ3n) is 7.14. The Morgan fingerprint density at radius 1 is 0.912 bits per heavy atom. The maximum absolute atomic E-state index is 10.1. The van der Waals surface area contributed by atoms with E-state index in [1.807, 2.05) is 30.3 Å². The lowest BCUT2D eigenvalue weighted by atomic mass is 9.75. The van der Waals surface area contributed by atoms with Gasteiger partial charge >= 0.3 is 0 Å². The molecule has 1 fully saturated rings. The van der Waals surface area contributed by atoms with Crippen LogP contribution in [-0.2, 0) is 0 Å². The largest absolute Gasteiger partial charge is 0.508 e. The fourth-order valence-corrected chi connectivity index (χ4v) is 5.43. The second kappa shape index (κ2) is 9.59. The molecule has 4 atom stereocenters. The first kappa shape index (κ1) is 22.6. The molecule has 0 unspecified atom stereocenters. The minimum atomic E-state index is -0.201. The molecule has 2 aliphatic rings. The first-order chi connectivity index (χ1) is 16.5. The van der Waals surface area contributed by atoms with Crippen molar-refractivity contribution < 1.29 is 19.7 Å². The molecule has 2 aliphatic heterocycles. The van der Waals surface area contributed by atoms with E-state index in [1.54, 1.807) is 24.3 Å². The molecule has 0 aromatic heterocycles. The van der Waals surface area contributed by atoms with E-state index in [9.17, 15) is 10.2 Å². The summed E-state index contributed by atoms with van der Waals surface area (Å²) in [7, 11) is 0. The number of hydrogen-bond acceptors (Lipinski definition) is 5. The van der Waals surface area contributed by atoms with Crippen LogP contribution in [0.15, 0.2) is 66.7 Å². The molecule has 2 heterocycles. The molecule has 3 aromatic rings. The zero-order chi connectivity index (χ0) is 23.7. The highest BCUT2D eigenvalue weighted by Gasteiger charge is 2.38. The number of hydrogen-bond donors (Lipinski definition) is 2. The molecule has 5 nitrogen and oxygen atoms in total. The van der Waals surface area contributed by atoms with Crippen LogP contribution in [0.2, 0.25) is 0 Å². The molecule has 1 saturated heterocycles. The van der Waals surface area contributed by atoms with Gasteiger partial charge in [0.2, 0.25) is 0 Å². The fourth-order valence-electron chi connectivity index (χ4n) is 5.43. The average Bonchev–Trinajstić information content (AvgIpc) is 3.33. The molecule has 0 saturated carbocycles. The van der Waals surface area contributed by atoms with Gasteiger partial charge in [0.25, 0.3) is 0 Å². The van der Waals surface area contributed by atoms with E-state index in [4.69, 9.17) is 9.47 Å². The number of phenols is 2. The van der Waals surface area contributed by atoms with E-state index in [0.29, 0.717) is 0 Å². The Morgan fingerprint density at radius 2 is 1.56 bits per heavy atom. The number of benzene rings is 3. The Balaban J connectivity index is 1.40. The van der Waals surface area contributed by atoms with E-state index >= 15 is 0 Å². The van der Waals surface area contributed by atoms with E-state index < -0.39 is 0 Å². The summed E-state index contributed by atoms with van der Waals surface area (Å²) in [4.78, 5) is 2.47. The topological polar surface area (TPSA) is 62.2 Å². The summed E-state index contributed by atoms with van der Waals surface area (Å²) in [6.45, 7) is 7.59. The third-order valence-corrected chi connectivity index (χ3v) is 7.14. The van der Waals surface area contributed by atoms with Crippen LogP contribution in [0.1, 0.15) is 61.3 Å². The maximum atomic E-state index is 10.1. The normalized spacial score (nSPS) is 23.2. The molecule has 0 aliphatic carbocycles. The Bertz CT molecular complexity index is 1110. The number of nitrogens with zero attached hydrogens (tertiary/aromatic N) is 1. The standard InChI is InChI=1S/C29H33NO4/c1-19(18-30-15-3-4-16-30)33-25-12-7-22(8-13-25)29-28(21-5-9-23(31)10-6-21)20(2)26-17-24(32)11-14-27(26)34-29/h5-14,17,19-20,28-29,31-32H,3-4,15-16,18H2,1-2H3/t19-,20-,28-,29+/m1/s1. The van der Waals surface area contributed by atoms with Crippen LogP contribution < -0.4 is 9.47 Å². The molecular weight excluding hydrogens is 426 g/mol. The summed E-state index contributed by atoms with van der Waals surface area (Å²) in [5.41, 5.74) is 3.15. The first-order valence-electron chi connectivity index (χ1n) is 12.3. The third kappa shape index (κ3) is 4.71. The number of likely N-dealkylation sites (tertiary alicyclic amines) is 1. The van der Waals surface area contributed by atoms with Gasteiger partial charge in [-0.1, -0.05) is 31.2 Å². The average molecular weight is 460 g/mol. The molecule has 3 aromatic carbocycles.